The van der Waals surface area contributed by atoms with Gasteiger partial charge in [0, 0.05) is 10.9 Å². The fraction of sp³-hybridized carbons (Fsp3) is 0.143. The molecule has 0 saturated carbocycles. The molecule has 0 aliphatic carbocycles. The maximum Gasteiger partial charge on any atom is 0.262 e. The average Bonchev–Trinajstić information content (AvgIpc) is 3.11. The van der Waals surface area contributed by atoms with Gasteiger partial charge in [-0.2, -0.15) is 0 Å². The Labute approximate surface area is 155 Å². The number of nitrogens with zero attached hydrogens (tertiary/aromatic N) is 2. The molecular formula is C21H18N2O2S. The molecule has 2 aromatic carbocycles. The predicted molar refractivity (Wildman–Crippen MR) is 106 cm³/mol. The van der Waals surface area contributed by atoms with Gasteiger partial charge >= 0.3 is 0 Å². The van der Waals surface area contributed by atoms with Gasteiger partial charge in [0.05, 0.1) is 18.3 Å². The highest BCUT2D eigenvalue weighted by Crippen LogP contribution is 2.30. The molecule has 2 heterocycles. The second-order valence-corrected chi connectivity index (χ2v) is 6.91. The summed E-state index contributed by atoms with van der Waals surface area (Å²) in [6.07, 6.45) is 1.61. The molecule has 5 heteroatoms. The van der Waals surface area contributed by atoms with E-state index in [1.165, 1.54) is 11.3 Å². The third-order valence-electron chi connectivity index (χ3n) is 4.33. The smallest absolute Gasteiger partial charge is 0.262 e. The van der Waals surface area contributed by atoms with E-state index in [1.54, 1.807) is 10.9 Å². The zero-order valence-corrected chi connectivity index (χ0v) is 15.2. The molecule has 0 unspecified atom stereocenters. The minimum atomic E-state index is -0.0245. The number of rotatable bonds is 5. The summed E-state index contributed by atoms with van der Waals surface area (Å²) in [6, 6.07) is 17.8. The van der Waals surface area contributed by atoms with Crippen molar-refractivity contribution < 1.29 is 4.74 Å². The third kappa shape index (κ3) is 3.13. The first kappa shape index (κ1) is 16.5. The molecule has 4 nitrogen and oxygen atoms in total. The summed E-state index contributed by atoms with van der Waals surface area (Å²) in [6.45, 7) is 2.88. The first-order chi connectivity index (χ1) is 12.7. The zero-order chi connectivity index (χ0) is 17.9. The quantitative estimate of drug-likeness (QED) is 0.525. The molecule has 0 atom stereocenters. The highest BCUT2D eigenvalue weighted by molar-refractivity contribution is 7.17. The zero-order valence-electron chi connectivity index (χ0n) is 14.4. The fourth-order valence-corrected chi connectivity index (χ4v) is 3.84. The summed E-state index contributed by atoms with van der Waals surface area (Å²) in [7, 11) is 0. The summed E-state index contributed by atoms with van der Waals surface area (Å²) in [5, 5.41) is 2.68. The van der Waals surface area contributed by atoms with Crippen LogP contribution in [0.25, 0.3) is 21.3 Å². The Kier molecular flexibility index (Phi) is 4.54. The Balaban J connectivity index is 1.61. The van der Waals surface area contributed by atoms with Gasteiger partial charge < -0.3 is 4.74 Å². The molecule has 4 rings (SSSR count). The molecule has 26 heavy (non-hydrogen) atoms. The number of aromatic nitrogens is 2. The molecule has 0 amide bonds. The number of fused-ring (bicyclic) bond motifs is 1. The minimum Gasteiger partial charge on any atom is -0.491 e. The van der Waals surface area contributed by atoms with Crippen LogP contribution in [0.1, 0.15) is 5.56 Å². The van der Waals surface area contributed by atoms with Gasteiger partial charge in [0.15, 0.2) is 0 Å². The first-order valence-electron chi connectivity index (χ1n) is 8.44. The lowest BCUT2D eigenvalue weighted by molar-refractivity contribution is 0.294. The van der Waals surface area contributed by atoms with Crippen molar-refractivity contribution in [2.45, 2.75) is 13.5 Å². The van der Waals surface area contributed by atoms with Crippen LogP contribution in [-0.2, 0) is 6.54 Å². The van der Waals surface area contributed by atoms with Crippen molar-refractivity contribution in [3.63, 3.8) is 0 Å². The van der Waals surface area contributed by atoms with E-state index in [9.17, 15) is 4.79 Å². The van der Waals surface area contributed by atoms with Crippen LogP contribution in [0, 0.1) is 6.92 Å². The number of ether oxygens (including phenoxy) is 1. The van der Waals surface area contributed by atoms with Gasteiger partial charge in [-0.25, -0.2) is 4.98 Å². The van der Waals surface area contributed by atoms with Crippen molar-refractivity contribution in [3.8, 4) is 16.9 Å². The van der Waals surface area contributed by atoms with E-state index < -0.39 is 0 Å². The van der Waals surface area contributed by atoms with Crippen LogP contribution in [0.5, 0.6) is 5.75 Å². The topological polar surface area (TPSA) is 44.1 Å². The lowest BCUT2D eigenvalue weighted by Gasteiger charge is -2.10. The Morgan fingerprint density at radius 2 is 1.85 bits per heavy atom. The molecule has 130 valence electrons. The highest BCUT2D eigenvalue weighted by Gasteiger charge is 2.13. The number of para-hydroxylation sites is 1. The van der Waals surface area contributed by atoms with E-state index in [0.717, 1.165) is 27.3 Å². The third-order valence-corrected chi connectivity index (χ3v) is 5.22. The van der Waals surface area contributed by atoms with Crippen molar-refractivity contribution in [3.05, 3.63) is 82.2 Å². The molecule has 0 aliphatic heterocycles. The summed E-state index contributed by atoms with van der Waals surface area (Å²) in [5.74, 6) is 0.843. The molecular weight excluding hydrogens is 344 g/mol. The van der Waals surface area contributed by atoms with E-state index >= 15 is 0 Å². The molecule has 0 bridgehead atoms. The fourth-order valence-electron chi connectivity index (χ4n) is 2.93. The van der Waals surface area contributed by atoms with Crippen molar-refractivity contribution >= 4 is 21.6 Å². The van der Waals surface area contributed by atoms with Gasteiger partial charge in [0.25, 0.3) is 5.56 Å². The van der Waals surface area contributed by atoms with Gasteiger partial charge in [0.1, 0.15) is 17.2 Å². The minimum absolute atomic E-state index is 0.0245. The van der Waals surface area contributed by atoms with Gasteiger partial charge in [-0.05, 0) is 24.1 Å². The van der Waals surface area contributed by atoms with E-state index in [2.05, 4.69) is 4.98 Å². The van der Waals surface area contributed by atoms with Gasteiger partial charge in [-0.1, -0.05) is 48.5 Å². The molecule has 2 aromatic heterocycles. The number of aryl methyl sites for hydroxylation is 1. The van der Waals surface area contributed by atoms with Crippen molar-refractivity contribution in [2.24, 2.45) is 0 Å². The Morgan fingerprint density at radius 1 is 1.08 bits per heavy atom. The van der Waals surface area contributed by atoms with E-state index in [4.69, 9.17) is 4.74 Å². The molecule has 0 saturated heterocycles. The van der Waals surface area contributed by atoms with Crippen LogP contribution >= 0.6 is 11.3 Å². The number of thiophene rings is 1. The SMILES string of the molecule is Cc1ccccc1OCCn1cnc2scc(-c3ccccc3)c2c1=O. The van der Waals surface area contributed by atoms with Gasteiger partial charge in [0.2, 0.25) is 0 Å². The van der Waals surface area contributed by atoms with Crippen molar-refractivity contribution in [1.29, 1.82) is 0 Å². The summed E-state index contributed by atoms with van der Waals surface area (Å²) < 4.78 is 7.44. The van der Waals surface area contributed by atoms with Crippen LogP contribution in [0.4, 0.5) is 0 Å². The average molecular weight is 362 g/mol. The van der Waals surface area contributed by atoms with Crippen molar-refractivity contribution in [2.75, 3.05) is 6.61 Å². The first-order valence-corrected chi connectivity index (χ1v) is 9.32. The maximum absolute atomic E-state index is 13.0. The van der Waals surface area contributed by atoms with Crippen LogP contribution < -0.4 is 10.3 Å². The number of benzene rings is 2. The summed E-state index contributed by atoms with van der Waals surface area (Å²) in [5.41, 5.74) is 3.03. The normalized spacial score (nSPS) is 11.0. The summed E-state index contributed by atoms with van der Waals surface area (Å²) >= 11 is 1.50. The Bertz CT molecular complexity index is 1100. The molecule has 0 spiro atoms. The van der Waals surface area contributed by atoms with Crippen molar-refractivity contribution in [1.82, 2.24) is 9.55 Å². The predicted octanol–water partition coefficient (Wildman–Crippen LogP) is 4.51. The molecule has 0 fully saturated rings. The van der Waals surface area contributed by atoms with E-state index in [1.807, 2.05) is 66.9 Å². The molecule has 4 aromatic rings. The van der Waals surface area contributed by atoms with E-state index in [-0.39, 0.29) is 5.56 Å². The maximum atomic E-state index is 13.0. The van der Waals surface area contributed by atoms with Gasteiger partial charge in [-0.15, -0.1) is 11.3 Å². The highest BCUT2D eigenvalue weighted by atomic mass is 32.1. The Morgan fingerprint density at radius 3 is 2.65 bits per heavy atom. The van der Waals surface area contributed by atoms with E-state index in [0.29, 0.717) is 18.5 Å². The molecule has 0 N–H and O–H groups in total. The van der Waals surface area contributed by atoms with Crippen LogP contribution in [0.15, 0.2) is 71.1 Å². The Hall–Kier alpha value is -2.92. The van der Waals surface area contributed by atoms with Gasteiger partial charge in [-0.3, -0.25) is 9.36 Å². The number of hydrogen-bond acceptors (Lipinski definition) is 4. The van der Waals surface area contributed by atoms with Crippen LogP contribution in [0.2, 0.25) is 0 Å². The second kappa shape index (κ2) is 7.14. The molecule has 0 aliphatic rings. The lowest BCUT2D eigenvalue weighted by Crippen LogP contribution is -2.23. The molecule has 0 radical (unpaired) electrons. The summed E-state index contributed by atoms with van der Waals surface area (Å²) in [4.78, 5) is 18.2. The lowest BCUT2D eigenvalue weighted by atomic mass is 10.1. The number of hydrogen-bond donors (Lipinski definition) is 0. The van der Waals surface area contributed by atoms with Crippen LogP contribution in [-0.4, -0.2) is 16.2 Å². The standard InChI is InChI=1S/C21H18N2O2S/c1-15-7-5-6-10-18(15)25-12-11-23-14-22-20-19(21(23)24)17(13-26-20)16-8-3-2-4-9-16/h2-10,13-14H,11-12H2,1H3. The largest absolute Gasteiger partial charge is 0.491 e. The second-order valence-electron chi connectivity index (χ2n) is 6.05. The monoisotopic (exact) mass is 362 g/mol. The van der Waals surface area contributed by atoms with Crippen LogP contribution in [0.3, 0.4) is 0 Å².